The molecule has 7 heteroatoms. The molecule has 0 bridgehead atoms. The first-order valence-corrected chi connectivity index (χ1v) is 8.92. The summed E-state index contributed by atoms with van der Waals surface area (Å²) in [5.74, 6) is 0.0728. The largest absolute Gasteiger partial charge is 0.370 e. The molecular formula is C16H16Cl2N2O2S. The maximum atomic E-state index is 12.5. The molecule has 2 heterocycles. The number of hydrogen-bond donors (Lipinski definition) is 0. The van der Waals surface area contributed by atoms with Crippen LogP contribution in [0.1, 0.15) is 22.4 Å². The first-order chi connectivity index (χ1) is 11.0. The van der Waals surface area contributed by atoms with Gasteiger partial charge in [-0.2, -0.15) is 0 Å². The Hall–Kier alpha value is -1.14. The Morgan fingerprint density at radius 3 is 2.96 bits per heavy atom. The van der Waals surface area contributed by atoms with Gasteiger partial charge in [0.15, 0.2) is 0 Å². The van der Waals surface area contributed by atoms with Gasteiger partial charge >= 0.3 is 0 Å². The predicted molar refractivity (Wildman–Crippen MR) is 92.3 cm³/mol. The van der Waals surface area contributed by atoms with Gasteiger partial charge in [0.05, 0.1) is 40.3 Å². The number of benzene rings is 1. The standard InChI is InChI=1S/C16H16Cl2N2O2S/c1-10-19-12(9-23-10)7-16(21)20-4-5-22-15(8-20)11-2-3-13(17)14(18)6-11/h2-3,6,9,15H,4-5,7-8H2,1H3/t15-/m1/s1. The molecule has 0 saturated carbocycles. The van der Waals surface area contributed by atoms with Gasteiger partial charge in [-0.1, -0.05) is 29.3 Å². The summed E-state index contributed by atoms with van der Waals surface area (Å²) in [7, 11) is 0. The van der Waals surface area contributed by atoms with Gasteiger partial charge in [0, 0.05) is 11.9 Å². The lowest BCUT2D eigenvalue weighted by molar-refractivity contribution is -0.138. The number of nitrogens with zero attached hydrogens (tertiary/aromatic N) is 2. The molecule has 1 aromatic heterocycles. The molecule has 0 aliphatic carbocycles. The number of rotatable bonds is 3. The molecule has 1 aliphatic rings. The van der Waals surface area contributed by atoms with Gasteiger partial charge in [0.25, 0.3) is 0 Å². The molecule has 1 amide bonds. The normalized spacial score (nSPS) is 18.2. The first kappa shape index (κ1) is 16.7. The monoisotopic (exact) mass is 370 g/mol. The van der Waals surface area contributed by atoms with Crippen LogP contribution in [0.5, 0.6) is 0 Å². The Labute approximate surface area is 149 Å². The molecule has 1 atom stereocenters. The van der Waals surface area contributed by atoms with E-state index in [1.54, 1.807) is 23.5 Å². The summed E-state index contributed by atoms with van der Waals surface area (Å²) in [4.78, 5) is 18.6. The second-order valence-electron chi connectivity index (χ2n) is 5.41. The average Bonchev–Trinajstić information content (AvgIpc) is 2.95. The van der Waals surface area contributed by atoms with Gasteiger partial charge < -0.3 is 9.64 Å². The van der Waals surface area contributed by atoms with Crippen molar-refractivity contribution < 1.29 is 9.53 Å². The summed E-state index contributed by atoms with van der Waals surface area (Å²) in [6.07, 6.45) is 0.151. The van der Waals surface area contributed by atoms with Crippen molar-refractivity contribution in [2.24, 2.45) is 0 Å². The third-order valence-electron chi connectivity index (χ3n) is 3.73. The zero-order chi connectivity index (χ0) is 16.4. The molecular weight excluding hydrogens is 355 g/mol. The number of hydrogen-bond acceptors (Lipinski definition) is 4. The molecule has 122 valence electrons. The molecule has 0 spiro atoms. The van der Waals surface area contributed by atoms with E-state index < -0.39 is 0 Å². The van der Waals surface area contributed by atoms with E-state index in [1.807, 2.05) is 23.3 Å². The van der Waals surface area contributed by atoms with Gasteiger partial charge in [-0.15, -0.1) is 11.3 Å². The number of halogens is 2. The highest BCUT2D eigenvalue weighted by molar-refractivity contribution is 7.09. The Morgan fingerprint density at radius 2 is 2.26 bits per heavy atom. The number of carbonyl (C=O) groups excluding carboxylic acids is 1. The maximum Gasteiger partial charge on any atom is 0.228 e. The fraction of sp³-hybridized carbons (Fsp3) is 0.375. The Morgan fingerprint density at radius 1 is 1.43 bits per heavy atom. The smallest absolute Gasteiger partial charge is 0.228 e. The molecule has 0 unspecified atom stereocenters. The summed E-state index contributed by atoms with van der Waals surface area (Å²) in [5, 5.41) is 3.92. The zero-order valence-electron chi connectivity index (χ0n) is 12.6. The van der Waals surface area contributed by atoms with Crippen LogP contribution in [0.3, 0.4) is 0 Å². The second kappa shape index (κ2) is 7.18. The van der Waals surface area contributed by atoms with Gasteiger partial charge in [0.2, 0.25) is 5.91 Å². The number of carbonyl (C=O) groups is 1. The van der Waals surface area contributed by atoms with Crippen LogP contribution in [0.25, 0.3) is 0 Å². The lowest BCUT2D eigenvalue weighted by atomic mass is 10.1. The molecule has 2 aromatic rings. The Kier molecular flexibility index (Phi) is 5.21. The van der Waals surface area contributed by atoms with Crippen molar-refractivity contribution in [2.75, 3.05) is 19.7 Å². The van der Waals surface area contributed by atoms with E-state index in [1.165, 1.54) is 0 Å². The summed E-state index contributed by atoms with van der Waals surface area (Å²) in [6, 6.07) is 5.43. The van der Waals surface area contributed by atoms with Crippen molar-refractivity contribution in [1.29, 1.82) is 0 Å². The van der Waals surface area contributed by atoms with E-state index in [2.05, 4.69) is 4.98 Å². The van der Waals surface area contributed by atoms with Crippen LogP contribution < -0.4 is 0 Å². The highest BCUT2D eigenvalue weighted by Crippen LogP contribution is 2.29. The van der Waals surface area contributed by atoms with Gasteiger partial charge in [-0.3, -0.25) is 4.79 Å². The minimum Gasteiger partial charge on any atom is -0.370 e. The second-order valence-corrected chi connectivity index (χ2v) is 7.28. The van der Waals surface area contributed by atoms with Crippen molar-refractivity contribution in [1.82, 2.24) is 9.88 Å². The quantitative estimate of drug-likeness (QED) is 0.822. The third-order valence-corrected chi connectivity index (χ3v) is 5.29. The van der Waals surface area contributed by atoms with Crippen LogP contribution >= 0.6 is 34.5 Å². The van der Waals surface area contributed by atoms with Crippen molar-refractivity contribution in [3.63, 3.8) is 0 Å². The van der Waals surface area contributed by atoms with E-state index >= 15 is 0 Å². The number of aryl methyl sites for hydroxylation is 1. The minimum absolute atomic E-state index is 0.0728. The summed E-state index contributed by atoms with van der Waals surface area (Å²) >= 11 is 13.6. The van der Waals surface area contributed by atoms with Crippen molar-refractivity contribution in [3.8, 4) is 0 Å². The highest BCUT2D eigenvalue weighted by Gasteiger charge is 2.26. The SMILES string of the molecule is Cc1nc(CC(=O)N2CCO[C@@H](c3ccc(Cl)c(Cl)c3)C2)cs1. The van der Waals surface area contributed by atoms with Crippen LogP contribution in [0, 0.1) is 6.92 Å². The fourth-order valence-electron chi connectivity index (χ4n) is 2.55. The molecule has 1 fully saturated rings. The van der Waals surface area contributed by atoms with Crippen LogP contribution in [-0.2, 0) is 16.0 Å². The first-order valence-electron chi connectivity index (χ1n) is 7.28. The lowest BCUT2D eigenvalue weighted by Gasteiger charge is -2.33. The summed E-state index contributed by atoms with van der Waals surface area (Å²) < 4.78 is 5.78. The van der Waals surface area contributed by atoms with Gasteiger partial charge in [0.1, 0.15) is 6.10 Å². The minimum atomic E-state index is -0.181. The van der Waals surface area contributed by atoms with E-state index in [0.29, 0.717) is 36.2 Å². The number of morpholine rings is 1. The van der Waals surface area contributed by atoms with E-state index in [9.17, 15) is 4.79 Å². The molecule has 4 nitrogen and oxygen atoms in total. The Balaban J connectivity index is 1.67. The molecule has 1 saturated heterocycles. The Bertz CT molecular complexity index is 720. The van der Waals surface area contributed by atoms with Gasteiger partial charge in [-0.05, 0) is 24.6 Å². The molecule has 0 N–H and O–H groups in total. The van der Waals surface area contributed by atoms with Crippen molar-refractivity contribution in [2.45, 2.75) is 19.4 Å². The van der Waals surface area contributed by atoms with Crippen LogP contribution in [0.4, 0.5) is 0 Å². The third kappa shape index (κ3) is 4.04. The van der Waals surface area contributed by atoms with Crippen LogP contribution in [-0.4, -0.2) is 35.5 Å². The van der Waals surface area contributed by atoms with Gasteiger partial charge in [-0.25, -0.2) is 4.98 Å². The molecule has 3 rings (SSSR count). The predicted octanol–water partition coefficient (Wildman–Crippen LogP) is 3.90. The summed E-state index contributed by atoms with van der Waals surface area (Å²) in [5.41, 5.74) is 1.76. The van der Waals surface area contributed by atoms with Crippen LogP contribution in [0.2, 0.25) is 10.0 Å². The van der Waals surface area contributed by atoms with Crippen molar-refractivity contribution >= 4 is 40.4 Å². The zero-order valence-corrected chi connectivity index (χ0v) is 14.9. The number of aromatic nitrogens is 1. The molecule has 1 aliphatic heterocycles. The molecule has 1 aromatic carbocycles. The van der Waals surface area contributed by atoms with E-state index in [-0.39, 0.29) is 12.0 Å². The average molecular weight is 371 g/mol. The number of thiazole rings is 1. The van der Waals surface area contributed by atoms with E-state index in [0.717, 1.165) is 16.3 Å². The van der Waals surface area contributed by atoms with E-state index in [4.69, 9.17) is 27.9 Å². The topological polar surface area (TPSA) is 42.4 Å². The fourth-order valence-corrected chi connectivity index (χ4v) is 3.47. The van der Waals surface area contributed by atoms with Crippen molar-refractivity contribution in [3.05, 3.63) is 49.9 Å². The maximum absolute atomic E-state index is 12.5. The molecule has 23 heavy (non-hydrogen) atoms. The molecule has 0 radical (unpaired) electrons. The number of ether oxygens (including phenoxy) is 1. The highest BCUT2D eigenvalue weighted by atomic mass is 35.5. The van der Waals surface area contributed by atoms with Crippen LogP contribution in [0.15, 0.2) is 23.6 Å². The number of amides is 1. The summed E-state index contributed by atoms with van der Waals surface area (Å²) in [6.45, 7) is 3.56. The lowest BCUT2D eigenvalue weighted by Crippen LogP contribution is -2.43.